The Morgan fingerprint density at radius 3 is 2.69 bits per heavy atom. The van der Waals surface area contributed by atoms with Crippen molar-refractivity contribution in [3.8, 4) is 0 Å². The monoisotopic (exact) mass is 183 g/mol. The molecule has 1 aliphatic carbocycles. The summed E-state index contributed by atoms with van der Waals surface area (Å²) in [4.78, 5) is 23.5. The Morgan fingerprint density at radius 2 is 2.15 bits per heavy atom. The molecule has 0 aromatic heterocycles. The Balaban J connectivity index is 2.16. The Kier molecular flexibility index (Phi) is 1.78. The van der Waals surface area contributed by atoms with E-state index in [0.29, 0.717) is 12.5 Å². The topological polar surface area (TPSA) is 57.6 Å². The largest absolute Gasteiger partial charge is 0.480 e. The molecule has 1 saturated carbocycles. The van der Waals surface area contributed by atoms with Crippen molar-refractivity contribution in [3.05, 3.63) is 0 Å². The van der Waals surface area contributed by atoms with E-state index in [9.17, 15) is 9.59 Å². The number of amides is 1. The van der Waals surface area contributed by atoms with Crippen molar-refractivity contribution in [2.45, 2.75) is 25.8 Å². The maximum atomic E-state index is 11.1. The van der Waals surface area contributed by atoms with E-state index in [4.69, 9.17) is 5.11 Å². The second-order valence-corrected chi connectivity index (χ2v) is 3.94. The van der Waals surface area contributed by atoms with Crippen LogP contribution < -0.4 is 0 Å². The molecule has 1 saturated heterocycles. The highest BCUT2D eigenvalue weighted by molar-refractivity contribution is 5.83. The molecule has 0 aromatic carbocycles. The van der Waals surface area contributed by atoms with Gasteiger partial charge in [-0.15, -0.1) is 0 Å². The summed E-state index contributed by atoms with van der Waals surface area (Å²) in [7, 11) is 0. The van der Waals surface area contributed by atoms with E-state index < -0.39 is 12.0 Å². The summed E-state index contributed by atoms with van der Waals surface area (Å²) in [6.07, 6.45) is 1.97. The normalized spacial score (nSPS) is 36.7. The minimum Gasteiger partial charge on any atom is -0.480 e. The molecular formula is C9H13NO3. The van der Waals surface area contributed by atoms with Crippen molar-refractivity contribution >= 4 is 11.9 Å². The van der Waals surface area contributed by atoms with Crippen molar-refractivity contribution in [3.63, 3.8) is 0 Å². The van der Waals surface area contributed by atoms with Crippen LogP contribution in [0.2, 0.25) is 0 Å². The minimum atomic E-state index is -0.845. The van der Waals surface area contributed by atoms with Crippen LogP contribution in [0.1, 0.15) is 19.8 Å². The number of carbonyl (C=O) groups excluding carboxylic acids is 1. The number of hydrogen-bond acceptors (Lipinski definition) is 2. The molecule has 2 aliphatic rings. The Hall–Kier alpha value is -1.06. The van der Waals surface area contributed by atoms with Gasteiger partial charge in [0, 0.05) is 13.5 Å². The van der Waals surface area contributed by atoms with Gasteiger partial charge in [0.1, 0.15) is 6.04 Å². The molecule has 2 fully saturated rings. The molecule has 4 heteroatoms. The van der Waals surface area contributed by atoms with Crippen LogP contribution in [0.25, 0.3) is 0 Å². The Labute approximate surface area is 76.5 Å². The maximum absolute atomic E-state index is 11.1. The number of carbonyl (C=O) groups is 2. The van der Waals surface area contributed by atoms with Crippen LogP contribution in [-0.2, 0) is 9.59 Å². The van der Waals surface area contributed by atoms with Crippen molar-refractivity contribution in [2.75, 3.05) is 6.54 Å². The number of aliphatic carboxylic acids is 1. The fraction of sp³-hybridized carbons (Fsp3) is 0.778. The van der Waals surface area contributed by atoms with Crippen molar-refractivity contribution in [1.29, 1.82) is 0 Å². The van der Waals surface area contributed by atoms with Crippen molar-refractivity contribution in [2.24, 2.45) is 11.8 Å². The zero-order chi connectivity index (χ0) is 9.59. The highest BCUT2D eigenvalue weighted by Gasteiger charge is 2.52. The number of nitrogens with zero attached hydrogens (tertiary/aromatic N) is 1. The predicted octanol–water partition coefficient (Wildman–Crippen LogP) is 0.328. The van der Waals surface area contributed by atoms with E-state index in [2.05, 4.69) is 0 Å². The predicted molar refractivity (Wildman–Crippen MR) is 45.0 cm³/mol. The fourth-order valence-corrected chi connectivity index (χ4v) is 2.33. The lowest BCUT2D eigenvalue weighted by Gasteiger charge is -2.31. The van der Waals surface area contributed by atoms with Gasteiger partial charge in [0.2, 0.25) is 5.91 Å². The second-order valence-electron chi connectivity index (χ2n) is 3.94. The summed E-state index contributed by atoms with van der Waals surface area (Å²) in [6.45, 7) is 2.06. The number of fused-ring (bicyclic) bond motifs is 1. The summed E-state index contributed by atoms with van der Waals surface area (Å²) in [6, 6.07) is -0.545. The van der Waals surface area contributed by atoms with Crippen LogP contribution >= 0.6 is 0 Å². The zero-order valence-electron chi connectivity index (χ0n) is 7.56. The van der Waals surface area contributed by atoms with Crippen LogP contribution in [0.15, 0.2) is 0 Å². The van der Waals surface area contributed by atoms with Gasteiger partial charge < -0.3 is 10.0 Å². The molecule has 4 nitrogen and oxygen atoms in total. The van der Waals surface area contributed by atoms with Crippen LogP contribution in [0.3, 0.4) is 0 Å². The summed E-state index contributed by atoms with van der Waals surface area (Å²) in [5.74, 6) is -0.160. The van der Waals surface area contributed by atoms with Gasteiger partial charge in [-0.05, 0) is 24.7 Å². The van der Waals surface area contributed by atoms with Crippen molar-refractivity contribution in [1.82, 2.24) is 4.90 Å². The number of rotatable bonds is 1. The molecule has 0 bridgehead atoms. The highest BCUT2D eigenvalue weighted by Crippen LogP contribution is 2.48. The third kappa shape index (κ3) is 1.30. The zero-order valence-corrected chi connectivity index (χ0v) is 7.56. The smallest absolute Gasteiger partial charge is 0.326 e. The molecule has 0 radical (unpaired) electrons. The van der Waals surface area contributed by atoms with Crippen LogP contribution in [0, 0.1) is 11.8 Å². The maximum Gasteiger partial charge on any atom is 0.326 e. The third-order valence-electron chi connectivity index (χ3n) is 3.12. The molecule has 1 aliphatic heterocycles. The SMILES string of the molecule is CC(=O)N1CC[C@@H]2C[C@@H]2[C@H]1C(=O)O. The summed E-state index contributed by atoms with van der Waals surface area (Å²) < 4.78 is 0. The number of carboxylic acid groups (broad SMARTS) is 1. The standard InChI is InChI=1S/C9H13NO3/c1-5(11)10-3-2-6-4-7(6)8(10)9(12)13/h6-8H,2-4H2,1H3,(H,12,13)/t6-,7+,8+/m1/s1. The van der Waals surface area contributed by atoms with Gasteiger partial charge in [0.25, 0.3) is 0 Å². The van der Waals surface area contributed by atoms with E-state index in [1.807, 2.05) is 0 Å². The number of piperidine rings is 1. The summed E-state index contributed by atoms with van der Waals surface area (Å²) in [5, 5.41) is 8.96. The quantitative estimate of drug-likeness (QED) is 0.637. The van der Waals surface area contributed by atoms with Gasteiger partial charge in [-0.25, -0.2) is 4.79 Å². The molecule has 3 atom stereocenters. The second kappa shape index (κ2) is 2.72. The van der Waals surface area contributed by atoms with Gasteiger partial charge in [-0.2, -0.15) is 0 Å². The van der Waals surface area contributed by atoms with Gasteiger partial charge in [0.05, 0.1) is 0 Å². The molecule has 0 spiro atoms. The van der Waals surface area contributed by atoms with E-state index in [-0.39, 0.29) is 11.8 Å². The highest BCUT2D eigenvalue weighted by atomic mass is 16.4. The van der Waals surface area contributed by atoms with E-state index in [1.165, 1.54) is 11.8 Å². The molecule has 2 rings (SSSR count). The number of carboxylic acids is 1. The van der Waals surface area contributed by atoms with Gasteiger partial charge in [-0.3, -0.25) is 4.79 Å². The van der Waals surface area contributed by atoms with Crippen molar-refractivity contribution < 1.29 is 14.7 Å². The first kappa shape index (κ1) is 8.53. The Bertz CT molecular complexity index is 264. The van der Waals surface area contributed by atoms with Gasteiger partial charge >= 0.3 is 5.97 Å². The lowest BCUT2D eigenvalue weighted by molar-refractivity contribution is -0.151. The lowest BCUT2D eigenvalue weighted by atomic mass is 10.0. The first-order chi connectivity index (χ1) is 6.11. The average Bonchev–Trinajstić information content (AvgIpc) is 2.79. The van der Waals surface area contributed by atoms with Crippen LogP contribution in [0.4, 0.5) is 0 Å². The van der Waals surface area contributed by atoms with E-state index in [1.54, 1.807) is 0 Å². The molecule has 1 amide bonds. The lowest BCUT2D eigenvalue weighted by Crippen LogP contribution is -2.48. The first-order valence-electron chi connectivity index (χ1n) is 4.61. The molecule has 0 aromatic rings. The molecule has 1 heterocycles. The van der Waals surface area contributed by atoms with Crippen LogP contribution in [0.5, 0.6) is 0 Å². The van der Waals surface area contributed by atoms with E-state index in [0.717, 1.165) is 12.8 Å². The molecular weight excluding hydrogens is 170 g/mol. The van der Waals surface area contributed by atoms with Gasteiger partial charge in [0.15, 0.2) is 0 Å². The first-order valence-corrected chi connectivity index (χ1v) is 4.61. The third-order valence-corrected chi connectivity index (χ3v) is 3.12. The average molecular weight is 183 g/mol. The number of hydrogen-bond donors (Lipinski definition) is 1. The number of likely N-dealkylation sites (tertiary alicyclic amines) is 1. The molecule has 13 heavy (non-hydrogen) atoms. The Morgan fingerprint density at radius 1 is 1.46 bits per heavy atom. The minimum absolute atomic E-state index is 0.113. The summed E-state index contributed by atoms with van der Waals surface area (Å²) in [5.41, 5.74) is 0. The van der Waals surface area contributed by atoms with E-state index >= 15 is 0 Å². The molecule has 1 N–H and O–H groups in total. The molecule has 0 unspecified atom stereocenters. The van der Waals surface area contributed by atoms with Crippen LogP contribution in [-0.4, -0.2) is 34.5 Å². The molecule has 72 valence electrons. The van der Waals surface area contributed by atoms with Gasteiger partial charge in [-0.1, -0.05) is 0 Å². The summed E-state index contributed by atoms with van der Waals surface area (Å²) >= 11 is 0. The fourth-order valence-electron chi connectivity index (χ4n) is 2.33.